The highest BCUT2D eigenvalue weighted by molar-refractivity contribution is 5.91. The molecule has 7 nitrogen and oxygen atoms in total. The van der Waals surface area contributed by atoms with Crippen molar-refractivity contribution in [1.29, 1.82) is 0 Å². The van der Waals surface area contributed by atoms with E-state index in [1.165, 1.54) is 18.4 Å². The third-order valence-corrected chi connectivity index (χ3v) is 6.45. The van der Waals surface area contributed by atoms with Gasteiger partial charge in [0.15, 0.2) is 5.82 Å². The quantitative estimate of drug-likeness (QED) is 0.718. The second kappa shape index (κ2) is 7.30. The number of amides is 1. The van der Waals surface area contributed by atoms with Gasteiger partial charge in [-0.2, -0.15) is 0 Å². The predicted octanol–water partition coefficient (Wildman–Crippen LogP) is 2.78. The van der Waals surface area contributed by atoms with Crippen molar-refractivity contribution in [2.75, 3.05) is 13.1 Å². The molecule has 0 saturated carbocycles. The third kappa shape index (κ3) is 3.23. The molecule has 1 atom stereocenters. The van der Waals surface area contributed by atoms with Crippen LogP contribution in [0.3, 0.4) is 0 Å². The number of H-pyrrole nitrogens is 1. The van der Waals surface area contributed by atoms with Gasteiger partial charge in [-0.15, -0.1) is 10.2 Å². The van der Waals surface area contributed by atoms with Crippen LogP contribution in [0.15, 0.2) is 18.2 Å². The first kappa shape index (κ1) is 18.4. The highest BCUT2D eigenvalue weighted by atomic mass is 16.2. The molecule has 2 aliphatic rings. The van der Waals surface area contributed by atoms with Crippen molar-refractivity contribution in [2.24, 2.45) is 0 Å². The number of carbonyl (C=O) groups is 1. The molecular formula is C22H28N6O. The molecule has 1 saturated heterocycles. The van der Waals surface area contributed by atoms with E-state index < -0.39 is 0 Å². The van der Waals surface area contributed by atoms with Gasteiger partial charge in [0.25, 0.3) is 0 Å². The van der Waals surface area contributed by atoms with Crippen LogP contribution in [0, 0.1) is 13.8 Å². The minimum atomic E-state index is 0.155. The van der Waals surface area contributed by atoms with Crippen LogP contribution in [0.25, 0.3) is 10.9 Å². The Kier molecular flexibility index (Phi) is 4.62. The minimum Gasteiger partial charge on any atom is -0.358 e. The lowest BCUT2D eigenvalue weighted by Crippen LogP contribution is -2.40. The number of piperidine rings is 1. The van der Waals surface area contributed by atoms with Crippen LogP contribution >= 0.6 is 0 Å². The van der Waals surface area contributed by atoms with Crippen molar-refractivity contribution < 1.29 is 4.79 Å². The van der Waals surface area contributed by atoms with Crippen LogP contribution in [-0.4, -0.2) is 43.6 Å². The fourth-order valence-electron chi connectivity index (χ4n) is 4.76. The standard InChI is InChI=1S/C22H28N6O/c1-14-6-5-7-16-17(15(2)24-21(14)16)12-20(29)27-10-11-28-19(13-27)25-26-22(28)18-8-3-4-9-23-18/h5-7,18,23-24H,3-4,8-13H2,1-2H3/t18-/m0/s1. The van der Waals surface area contributed by atoms with Crippen LogP contribution < -0.4 is 5.32 Å². The molecule has 1 aromatic carbocycles. The summed E-state index contributed by atoms with van der Waals surface area (Å²) in [5, 5.41) is 13.6. The zero-order chi connectivity index (χ0) is 20.0. The van der Waals surface area contributed by atoms with Gasteiger partial charge >= 0.3 is 0 Å². The highest BCUT2D eigenvalue weighted by Gasteiger charge is 2.28. The largest absolute Gasteiger partial charge is 0.358 e. The molecule has 7 heteroatoms. The Morgan fingerprint density at radius 2 is 2.10 bits per heavy atom. The summed E-state index contributed by atoms with van der Waals surface area (Å²) in [5.74, 6) is 2.09. The normalized spacial score (nSPS) is 19.5. The Hall–Kier alpha value is -2.67. The van der Waals surface area contributed by atoms with Gasteiger partial charge in [-0.3, -0.25) is 4.79 Å². The monoisotopic (exact) mass is 392 g/mol. The van der Waals surface area contributed by atoms with E-state index in [0.29, 0.717) is 25.6 Å². The number of rotatable bonds is 3. The van der Waals surface area contributed by atoms with Crippen molar-refractivity contribution >= 4 is 16.8 Å². The van der Waals surface area contributed by atoms with Gasteiger partial charge < -0.3 is 19.8 Å². The summed E-state index contributed by atoms with van der Waals surface area (Å²) in [6.45, 7) is 7.22. The van der Waals surface area contributed by atoms with Crippen LogP contribution in [0.5, 0.6) is 0 Å². The van der Waals surface area contributed by atoms with Crippen molar-refractivity contribution in [2.45, 2.75) is 58.7 Å². The van der Waals surface area contributed by atoms with Crippen molar-refractivity contribution in [3.05, 3.63) is 46.7 Å². The average Bonchev–Trinajstić information content (AvgIpc) is 3.30. The molecule has 0 radical (unpaired) electrons. The van der Waals surface area contributed by atoms with Gasteiger partial charge in [0, 0.05) is 29.7 Å². The highest BCUT2D eigenvalue weighted by Crippen LogP contribution is 2.27. The molecule has 2 aromatic heterocycles. The summed E-state index contributed by atoms with van der Waals surface area (Å²) in [7, 11) is 0. The van der Waals surface area contributed by atoms with Gasteiger partial charge in [-0.25, -0.2) is 0 Å². The SMILES string of the molecule is Cc1[nH]c2c(C)cccc2c1CC(=O)N1CCn2c(nnc2[C@@H]2CCCCN2)C1. The van der Waals surface area contributed by atoms with Crippen molar-refractivity contribution in [1.82, 2.24) is 30.0 Å². The van der Waals surface area contributed by atoms with E-state index in [-0.39, 0.29) is 5.91 Å². The molecule has 0 unspecified atom stereocenters. The Morgan fingerprint density at radius 3 is 2.93 bits per heavy atom. The summed E-state index contributed by atoms with van der Waals surface area (Å²) in [6.07, 6.45) is 3.99. The molecule has 0 aliphatic carbocycles. The molecule has 2 aliphatic heterocycles. The lowest BCUT2D eigenvalue weighted by molar-refractivity contribution is -0.132. The molecular weight excluding hydrogens is 364 g/mol. The molecule has 5 rings (SSSR count). The lowest BCUT2D eigenvalue weighted by atomic mass is 10.0. The number of aryl methyl sites for hydroxylation is 2. The number of hydrogen-bond acceptors (Lipinski definition) is 4. The van der Waals surface area contributed by atoms with Crippen LogP contribution in [0.1, 0.15) is 53.8 Å². The Morgan fingerprint density at radius 1 is 1.21 bits per heavy atom. The Labute approximate surface area is 170 Å². The molecule has 0 spiro atoms. The first-order chi connectivity index (χ1) is 14.1. The van der Waals surface area contributed by atoms with Crippen LogP contribution in [-0.2, 0) is 24.3 Å². The summed E-state index contributed by atoms with van der Waals surface area (Å²) in [6, 6.07) is 6.55. The van der Waals surface area contributed by atoms with Crippen molar-refractivity contribution in [3.8, 4) is 0 Å². The van der Waals surface area contributed by atoms with Crippen molar-refractivity contribution in [3.63, 3.8) is 0 Å². The topological polar surface area (TPSA) is 78.8 Å². The number of benzene rings is 1. The summed E-state index contributed by atoms with van der Waals surface area (Å²) in [5.41, 5.74) is 4.52. The fraction of sp³-hybridized carbons (Fsp3) is 0.500. The van der Waals surface area contributed by atoms with Gasteiger partial charge in [-0.1, -0.05) is 24.6 Å². The van der Waals surface area contributed by atoms with E-state index in [1.54, 1.807) is 0 Å². The molecule has 4 heterocycles. The molecule has 1 amide bonds. The molecule has 29 heavy (non-hydrogen) atoms. The fourth-order valence-corrected chi connectivity index (χ4v) is 4.76. The Balaban J connectivity index is 1.34. The number of para-hydroxylation sites is 1. The molecule has 2 N–H and O–H groups in total. The maximum absolute atomic E-state index is 13.1. The number of aromatic nitrogens is 4. The molecule has 0 bridgehead atoms. The van der Waals surface area contributed by atoms with E-state index in [2.05, 4.69) is 57.1 Å². The van der Waals surface area contributed by atoms with Gasteiger partial charge in [0.1, 0.15) is 5.82 Å². The van der Waals surface area contributed by atoms with E-state index in [0.717, 1.165) is 53.3 Å². The van der Waals surface area contributed by atoms with E-state index >= 15 is 0 Å². The van der Waals surface area contributed by atoms with E-state index in [1.807, 2.05) is 4.90 Å². The molecule has 1 fully saturated rings. The summed E-state index contributed by atoms with van der Waals surface area (Å²) < 4.78 is 2.22. The number of nitrogens with one attached hydrogen (secondary N) is 2. The van der Waals surface area contributed by atoms with Gasteiger partial charge in [0.05, 0.1) is 19.0 Å². The van der Waals surface area contributed by atoms with Crippen LogP contribution in [0.4, 0.5) is 0 Å². The molecule has 3 aromatic rings. The smallest absolute Gasteiger partial charge is 0.227 e. The summed E-state index contributed by atoms with van der Waals surface area (Å²) in [4.78, 5) is 18.5. The number of hydrogen-bond donors (Lipinski definition) is 2. The zero-order valence-electron chi connectivity index (χ0n) is 17.2. The minimum absolute atomic E-state index is 0.155. The maximum Gasteiger partial charge on any atom is 0.227 e. The van der Waals surface area contributed by atoms with Crippen LogP contribution in [0.2, 0.25) is 0 Å². The second-order valence-electron chi connectivity index (χ2n) is 8.35. The summed E-state index contributed by atoms with van der Waals surface area (Å²) >= 11 is 0. The zero-order valence-corrected chi connectivity index (χ0v) is 17.2. The number of aromatic amines is 1. The third-order valence-electron chi connectivity index (χ3n) is 6.45. The predicted molar refractivity (Wildman–Crippen MR) is 112 cm³/mol. The Bertz CT molecular complexity index is 1060. The van der Waals surface area contributed by atoms with Gasteiger partial charge in [-0.05, 0) is 44.4 Å². The number of nitrogens with zero attached hydrogens (tertiary/aromatic N) is 4. The second-order valence-corrected chi connectivity index (χ2v) is 8.35. The van der Waals surface area contributed by atoms with Gasteiger partial charge in [0.2, 0.25) is 5.91 Å². The average molecular weight is 393 g/mol. The first-order valence-corrected chi connectivity index (χ1v) is 10.6. The first-order valence-electron chi connectivity index (χ1n) is 10.6. The number of carbonyl (C=O) groups excluding carboxylic acids is 1. The van der Waals surface area contributed by atoms with E-state index in [9.17, 15) is 4.79 Å². The number of fused-ring (bicyclic) bond motifs is 2. The van der Waals surface area contributed by atoms with E-state index in [4.69, 9.17) is 0 Å². The maximum atomic E-state index is 13.1. The lowest BCUT2D eigenvalue weighted by Gasteiger charge is -2.30. The molecule has 152 valence electrons.